The average Bonchev–Trinajstić information content (AvgIpc) is 0.746. The standard InChI is InChI=1S/C93H151N5O33S/c1-7-14-77-73-92(2,3)96(21-13-9-11-16-91(102)131-98-89(100)17-18-90(98)101)84-71-86-81(69-79(77)84)83(75-94)82-70-80-78(76-132(103,104)105)74-93(4,5)97(85(80)72-87(82)130-86)20-12-8-10-15-88(99)95-19-22-107-25-26-109-29-30-111-33-34-113-37-38-115-41-42-117-45-46-119-49-50-121-53-54-123-57-58-125-61-62-127-65-66-129-68-67-128-64-63-126-60-59-124-56-55-122-52-51-120-48-47-118-44-43-116-40-39-114-36-35-112-32-31-110-28-27-108-24-23-106-6/h69-74H,7-68,76H2,1-6H3,(H-,95,99,103,104,105)/p+1. The molecule has 0 aromatic heterocycles. The van der Waals surface area contributed by atoms with Gasteiger partial charge in [0.15, 0.2) is 5.54 Å². The molecule has 4 aliphatic heterocycles. The summed E-state index contributed by atoms with van der Waals surface area (Å²) in [6.45, 7) is 33.8. The molecule has 1 fully saturated rings. The lowest BCUT2D eigenvalue weighted by atomic mass is 9.85. The number of hydrogen-bond donors (Lipinski definition) is 2. The number of rotatable bonds is 89. The molecule has 752 valence electrons. The second kappa shape index (κ2) is 72.1. The molecular weight excluding hydrogens is 1750 g/mol. The number of carbonyl (C=O) groups is 4. The topological polar surface area (TPSA) is 408 Å². The SMILES string of the molecule is CCCC1=CC(C)(C)[N+](CCCCCC(=O)ON2C(=O)CCC2=O)=c2cc3c(cc21)=C(C#N)c1cc2c(cc1O3)N(CCCCCC(=O)NCCOCCOCCOCCOCCOCCOCCOCCOCCOCCOCCOCCOCCOCCOCCOCCOCCOCCOCCOCCOCCOCCOCCOCCOC)C(C)(C)C=C2CS(=O)(=O)O. The fourth-order valence-corrected chi connectivity index (χ4v) is 14.8. The van der Waals surface area contributed by atoms with E-state index in [1.165, 1.54) is 0 Å². The second-order valence-corrected chi connectivity index (χ2v) is 33.3. The van der Waals surface area contributed by atoms with Crippen molar-refractivity contribution in [1.82, 2.24) is 15.0 Å². The number of anilines is 1. The second-order valence-electron chi connectivity index (χ2n) is 31.8. The van der Waals surface area contributed by atoms with Crippen LogP contribution in [0.1, 0.15) is 128 Å². The summed E-state index contributed by atoms with van der Waals surface area (Å²) >= 11 is 0. The fraction of sp³-hybridized carbons (Fsp3) is 0.763. The van der Waals surface area contributed by atoms with E-state index in [0.29, 0.717) is 412 Å². The number of unbranched alkanes of at least 4 members (excludes halogenated alkanes) is 4. The molecule has 39 heteroatoms. The van der Waals surface area contributed by atoms with E-state index in [-0.39, 0.29) is 25.2 Å². The van der Waals surface area contributed by atoms with Crippen molar-refractivity contribution in [2.45, 2.75) is 123 Å². The maximum atomic E-state index is 12.9. The number of methoxy groups -OCH3 is 1. The molecule has 132 heavy (non-hydrogen) atoms. The monoisotopic (exact) mass is 1900 g/mol. The summed E-state index contributed by atoms with van der Waals surface area (Å²) in [5.74, 6) is -1.44. The molecule has 0 atom stereocenters. The van der Waals surface area contributed by atoms with Crippen LogP contribution in [0, 0.1) is 11.3 Å². The van der Waals surface area contributed by atoms with Gasteiger partial charge in [0.2, 0.25) is 11.3 Å². The van der Waals surface area contributed by atoms with E-state index < -0.39 is 44.7 Å². The van der Waals surface area contributed by atoms with Gasteiger partial charge in [-0.05, 0) is 75.3 Å². The van der Waals surface area contributed by atoms with Crippen molar-refractivity contribution < 1.29 is 155 Å². The number of imide groups is 1. The van der Waals surface area contributed by atoms with Gasteiger partial charge in [-0.25, -0.2) is 9.37 Å². The first kappa shape index (κ1) is 114. The quantitative estimate of drug-likeness (QED) is 0.0346. The molecular formula is C93H152N5O33S+. The highest BCUT2D eigenvalue weighted by Crippen LogP contribution is 2.46. The summed E-state index contributed by atoms with van der Waals surface area (Å²) < 4.78 is 177. The van der Waals surface area contributed by atoms with Gasteiger partial charge in [0.25, 0.3) is 21.9 Å². The molecule has 0 bridgehead atoms. The normalized spacial score (nSPS) is 14.5. The van der Waals surface area contributed by atoms with Gasteiger partial charge in [-0.1, -0.05) is 25.8 Å². The van der Waals surface area contributed by atoms with Crippen molar-refractivity contribution in [3.8, 4) is 17.6 Å². The predicted molar refractivity (Wildman–Crippen MR) is 487 cm³/mol. The minimum absolute atomic E-state index is 0.0294. The zero-order chi connectivity index (χ0) is 94.5. The number of nitrogens with one attached hydrogen (secondary N) is 1. The Morgan fingerprint density at radius 3 is 1.17 bits per heavy atom. The van der Waals surface area contributed by atoms with E-state index in [1.807, 2.05) is 38.1 Å². The Balaban J connectivity index is 0.640. The molecule has 4 heterocycles. The highest BCUT2D eigenvalue weighted by molar-refractivity contribution is 7.86. The smallest absolute Gasteiger partial charge is 0.333 e. The molecule has 0 unspecified atom stereocenters. The number of benzene rings is 2. The summed E-state index contributed by atoms with van der Waals surface area (Å²) in [6.07, 6.45) is 10.2. The Morgan fingerprint density at radius 2 is 0.811 bits per heavy atom. The molecule has 6 rings (SSSR count). The molecule has 0 spiro atoms. The summed E-state index contributed by atoms with van der Waals surface area (Å²) in [7, 11) is -2.83. The van der Waals surface area contributed by atoms with Gasteiger partial charge < -0.3 is 133 Å². The number of hydrogen-bond acceptors (Lipinski definition) is 34. The van der Waals surface area contributed by atoms with Crippen LogP contribution in [0.25, 0.3) is 16.7 Å². The fourth-order valence-electron chi connectivity index (χ4n) is 14.1. The molecule has 0 radical (unpaired) electrons. The Morgan fingerprint density at radius 1 is 0.447 bits per heavy atom. The Hall–Kier alpha value is -6.29. The maximum absolute atomic E-state index is 12.9. The number of nitrogens with zero attached hydrogens (tertiary/aromatic N) is 4. The number of ether oxygens (including phenoxy) is 25. The molecule has 1 saturated heterocycles. The van der Waals surface area contributed by atoms with E-state index >= 15 is 0 Å². The van der Waals surface area contributed by atoms with Gasteiger partial charge in [0, 0.05) is 99.8 Å². The highest BCUT2D eigenvalue weighted by atomic mass is 32.2. The molecule has 0 saturated carbocycles. The number of allylic oxidation sites excluding steroid dienone is 1. The van der Waals surface area contributed by atoms with E-state index in [4.69, 9.17) is 123 Å². The van der Waals surface area contributed by atoms with E-state index in [2.05, 4.69) is 47.7 Å². The van der Waals surface area contributed by atoms with Crippen LogP contribution in [0.3, 0.4) is 0 Å². The van der Waals surface area contributed by atoms with Gasteiger partial charge in [0.1, 0.15) is 29.9 Å². The van der Waals surface area contributed by atoms with E-state index in [0.717, 1.165) is 42.2 Å². The van der Waals surface area contributed by atoms with Crippen molar-refractivity contribution in [2.75, 3.05) is 348 Å². The predicted octanol–water partition coefficient (Wildman–Crippen LogP) is 5.72. The summed E-state index contributed by atoms with van der Waals surface area (Å²) in [6, 6.07) is 10.1. The van der Waals surface area contributed by atoms with E-state index in [1.54, 1.807) is 13.2 Å². The molecule has 4 aliphatic rings. The largest absolute Gasteiger partial charge is 0.456 e. The number of hydroxylamine groups is 2. The average molecular weight is 1900 g/mol. The van der Waals surface area contributed by atoms with Crippen LogP contribution in [0.2, 0.25) is 0 Å². The van der Waals surface area contributed by atoms with Gasteiger partial charge in [0.05, 0.1) is 328 Å². The zero-order valence-corrected chi connectivity index (χ0v) is 80.0. The Kier molecular flexibility index (Phi) is 62.5. The molecule has 2 aromatic carbocycles. The minimum atomic E-state index is -4.47. The van der Waals surface area contributed by atoms with Crippen molar-refractivity contribution in [2.24, 2.45) is 0 Å². The lowest BCUT2D eigenvalue weighted by molar-refractivity contribution is -0.197. The van der Waals surface area contributed by atoms with Crippen LogP contribution < -0.4 is 30.1 Å². The van der Waals surface area contributed by atoms with Crippen LogP contribution in [0.15, 0.2) is 36.4 Å². The lowest BCUT2D eigenvalue weighted by Gasteiger charge is -2.44. The zero-order valence-electron chi connectivity index (χ0n) is 79.2. The third-order valence-electron chi connectivity index (χ3n) is 20.6. The highest BCUT2D eigenvalue weighted by Gasteiger charge is 2.39. The minimum Gasteiger partial charge on any atom is -0.456 e. The van der Waals surface area contributed by atoms with Crippen molar-refractivity contribution >= 4 is 56.2 Å². The third-order valence-corrected chi connectivity index (χ3v) is 21.3. The van der Waals surface area contributed by atoms with Crippen LogP contribution >= 0.6 is 0 Å². The summed E-state index contributed by atoms with van der Waals surface area (Å²) in [5.41, 5.74) is 3.51. The first-order chi connectivity index (χ1) is 64.4. The number of nitriles is 1. The first-order valence-electron chi connectivity index (χ1n) is 46.7. The van der Waals surface area contributed by atoms with Gasteiger partial charge in [-0.3, -0.25) is 18.9 Å². The van der Waals surface area contributed by atoms with Gasteiger partial charge >= 0.3 is 5.97 Å². The van der Waals surface area contributed by atoms with Crippen molar-refractivity contribution in [3.63, 3.8) is 0 Å². The van der Waals surface area contributed by atoms with Crippen LogP contribution in [-0.2, 0) is 148 Å². The molecule has 2 aromatic rings. The van der Waals surface area contributed by atoms with Gasteiger partial charge in [-0.2, -0.15) is 13.7 Å². The Labute approximate surface area is 780 Å². The summed E-state index contributed by atoms with van der Waals surface area (Å²) in [5, 5.41) is 16.0. The number of amides is 3. The number of fused-ring (bicyclic) bond motifs is 4. The van der Waals surface area contributed by atoms with Crippen molar-refractivity contribution in [3.05, 3.63) is 63.7 Å². The molecule has 2 N–H and O–H groups in total. The molecule has 3 amide bonds. The summed E-state index contributed by atoms with van der Waals surface area (Å²) in [4.78, 5) is 56.7. The lowest BCUT2D eigenvalue weighted by Crippen LogP contribution is -2.50. The van der Waals surface area contributed by atoms with Crippen molar-refractivity contribution in [1.29, 1.82) is 5.26 Å². The maximum Gasteiger partial charge on any atom is 0.333 e. The third kappa shape index (κ3) is 50.2. The van der Waals surface area contributed by atoms with Crippen LogP contribution in [-0.4, -0.2) is 396 Å². The first-order valence-corrected chi connectivity index (χ1v) is 48.3. The van der Waals surface area contributed by atoms with Crippen LogP contribution in [0.4, 0.5) is 5.69 Å². The van der Waals surface area contributed by atoms with E-state index in [9.17, 15) is 37.4 Å². The molecule has 0 aliphatic carbocycles. The Bertz CT molecular complexity index is 3840. The van der Waals surface area contributed by atoms with Gasteiger partial charge in [-0.15, -0.1) is 5.06 Å². The van der Waals surface area contributed by atoms with Crippen LogP contribution in [0.5, 0.6) is 11.5 Å². The number of carbonyl (C=O) groups excluding carboxylic acids is 4. The molecule has 38 nitrogen and oxygen atoms in total.